The predicted octanol–water partition coefficient (Wildman–Crippen LogP) is 3.74. The molecule has 3 rings (SSSR count). The molecule has 0 saturated carbocycles. The van der Waals surface area contributed by atoms with E-state index in [2.05, 4.69) is 58.9 Å². The molecule has 1 aliphatic heterocycles. The third kappa shape index (κ3) is 5.03. The summed E-state index contributed by atoms with van der Waals surface area (Å²) in [5, 5.41) is 8.38. The maximum Gasteiger partial charge on any atom is 0.191 e. The molecule has 1 fully saturated rings. The highest BCUT2D eigenvalue weighted by Gasteiger charge is 2.32. The quantitative estimate of drug-likeness (QED) is 0.465. The fraction of sp³-hybridized carbons (Fsp3) is 0.591. The van der Waals surface area contributed by atoms with Crippen molar-refractivity contribution in [3.63, 3.8) is 0 Å². The Bertz CT molecular complexity index is 774. The molecule has 1 aliphatic rings. The van der Waals surface area contributed by atoms with Gasteiger partial charge < -0.3 is 20.4 Å². The Kier molecular flexibility index (Phi) is 7.68. The number of aromatic nitrogens is 1. The van der Waals surface area contributed by atoms with Crippen molar-refractivity contribution in [1.29, 1.82) is 0 Å². The smallest absolute Gasteiger partial charge is 0.191 e. The van der Waals surface area contributed by atoms with E-state index in [-0.39, 0.29) is 4.75 Å². The van der Waals surface area contributed by atoms with Crippen LogP contribution in [0.3, 0.4) is 0 Å². The number of rotatable bonds is 8. The van der Waals surface area contributed by atoms with Crippen LogP contribution in [0.25, 0.3) is 10.9 Å². The lowest BCUT2D eigenvalue weighted by atomic mass is 9.99. The number of nitrogens with zero attached hydrogens (tertiary/aromatic N) is 1. The number of ether oxygens (including phenoxy) is 1. The Morgan fingerprint density at radius 3 is 2.75 bits per heavy atom. The van der Waals surface area contributed by atoms with E-state index in [9.17, 15) is 0 Å². The van der Waals surface area contributed by atoms with E-state index in [1.165, 1.54) is 22.0 Å². The minimum Gasteiger partial charge on any atom is -0.381 e. The summed E-state index contributed by atoms with van der Waals surface area (Å²) in [6, 6.07) is 6.57. The number of benzene rings is 1. The lowest BCUT2D eigenvalue weighted by molar-refractivity contribution is 0.0782. The summed E-state index contributed by atoms with van der Waals surface area (Å²) < 4.78 is 5.83. The molecule has 28 heavy (non-hydrogen) atoms. The standard InChI is InChI=1S/C22H34N4OS/c1-4-17-7-6-8-19-18(15-25-20(17)19)9-12-24-21(23-3)26-16-22(28-5-2)10-13-27-14-11-22/h6-8,15,25H,4-5,9-14,16H2,1-3H3,(H2,23,24,26). The van der Waals surface area contributed by atoms with Gasteiger partial charge in [-0.15, -0.1) is 0 Å². The van der Waals surface area contributed by atoms with Gasteiger partial charge in [0.25, 0.3) is 0 Å². The van der Waals surface area contributed by atoms with Gasteiger partial charge in [0.15, 0.2) is 5.96 Å². The zero-order chi connectivity index (χ0) is 19.8. The normalized spacial score (nSPS) is 17.0. The minimum absolute atomic E-state index is 0.262. The van der Waals surface area contributed by atoms with E-state index in [0.717, 1.165) is 63.7 Å². The highest BCUT2D eigenvalue weighted by Crippen LogP contribution is 2.34. The Morgan fingerprint density at radius 1 is 1.21 bits per heavy atom. The van der Waals surface area contributed by atoms with Gasteiger partial charge in [-0.05, 0) is 42.6 Å². The molecule has 0 radical (unpaired) electrons. The van der Waals surface area contributed by atoms with Crippen LogP contribution in [0.5, 0.6) is 0 Å². The number of H-pyrrole nitrogens is 1. The van der Waals surface area contributed by atoms with Gasteiger partial charge in [0.2, 0.25) is 0 Å². The Labute approximate surface area is 173 Å². The highest BCUT2D eigenvalue weighted by molar-refractivity contribution is 8.00. The summed E-state index contributed by atoms with van der Waals surface area (Å²) in [6.45, 7) is 7.96. The lowest BCUT2D eigenvalue weighted by Gasteiger charge is -2.37. The topological polar surface area (TPSA) is 61.4 Å². The summed E-state index contributed by atoms with van der Waals surface area (Å²) in [6.07, 6.45) is 6.37. The molecule has 0 spiro atoms. The first kappa shape index (κ1) is 21.1. The zero-order valence-electron chi connectivity index (χ0n) is 17.4. The monoisotopic (exact) mass is 402 g/mol. The fourth-order valence-electron chi connectivity index (χ4n) is 3.98. The molecule has 1 aromatic heterocycles. The van der Waals surface area contributed by atoms with Crippen molar-refractivity contribution in [2.75, 3.05) is 39.1 Å². The number of fused-ring (bicyclic) bond motifs is 1. The molecule has 6 heteroatoms. The van der Waals surface area contributed by atoms with E-state index in [1.807, 2.05) is 18.8 Å². The Morgan fingerprint density at radius 2 is 2.04 bits per heavy atom. The Balaban J connectivity index is 1.53. The van der Waals surface area contributed by atoms with Gasteiger partial charge in [-0.1, -0.05) is 32.0 Å². The van der Waals surface area contributed by atoms with Crippen LogP contribution in [-0.4, -0.2) is 54.8 Å². The summed E-state index contributed by atoms with van der Waals surface area (Å²) in [5.74, 6) is 2.02. The average Bonchev–Trinajstić information content (AvgIpc) is 3.14. The van der Waals surface area contributed by atoms with Crippen LogP contribution in [0, 0.1) is 0 Å². The van der Waals surface area contributed by atoms with Gasteiger partial charge >= 0.3 is 0 Å². The molecule has 0 atom stereocenters. The third-order valence-corrected chi connectivity index (χ3v) is 7.06. The van der Waals surface area contributed by atoms with Gasteiger partial charge in [-0.25, -0.2) is 0 Å². The molecule has 2 aromatic rings. The van der Waals surface area contributed by atoms with Gasteiger partial charge in [-0.2, -0.15) is 11.8 Å². The summed E-state index contributed by atoms with van der Waals surface area (Å²) in [7, 11) is 1.85. The second kappa shape index (κ2) is 10.2. The molecule has 0 unspecified atom stereocenters. The van der Waals surface area contributed by atoms with E-state index >= 15 is 0 Å². The largest absolute Gasteiger partial charge is 0.381 e. The molecule has 1 saturated heterocycles. The first-order valence-corrected chi connectivity index (χ1v) is 11.4. The number of nitrogens with one attached hydrogen (secondary N) is 3. The van der Waals surface area contributed by atoms with E-state index in [1.54, 1.807) is 0 Å². The predicted molar refractivity (Wildman–Crippen MR) is 122 cm³/mol. The van der Waals surface area contributed by atoms with E-state index in [4.69, 9.17) is 4.74 Å². The van der Waals surface area contributed by atoms with Crippen LogP contribution in [0.2, 0.25) is 0 Å². The van der Waals surface area contributed by atoms with Crippen LogP contribution >= 0.6 is 11.8 Å². The number of thioether (sulfide) groups is 1. The van der Waals surface area contributed by atoms with E-state index in [0.29, 0.717) is 0 Å². The van der Waals surface area contributed by atoms with Crippen molar-refractivity contribution in [3.8, 4) is 0 Å². The molecule has 0 bridgehead atoms. The number of para-hydroxylation sites is 1. The summed E-state index contributed by atoms with van der Waals surface area (Å²) in [5.41, 5.74) is 4.01. The number of aromatic amines is 1. The van der Waals surface area contributed by atoms with Crippen molar-refractivity contribution >= 4 is 28.6 Å². The molecule has 2 heterocycles. The third-order valence-electron chi connectivity index (χ3n) is 5.61. The number of hydrogen-bond acceptors (Lipinski definition) is 3. The molecular formula is C22H34N4OS. The molecule has 1 aromatic carbocycles. The number of aryl methyl sites for hydroxylation is 1. The van der Waals surface area contributed by atoms with Gasteiger partial charge in [0.05, 0.1) is 0 Å². The maximum atomic E-state index is 5.57. The number of hydrogen-bond donors (Lipinski definition) is 3. The minimum atomic E-state index is 0.262. The molecule has 154 valence electrons. The number of aliphatic imine (C=N–C) groups is 1. The Hall–Kier alpha value is -1.66. The van der Waals surface area contributed by atoms with Gasteiger partial charge in [-0.3, -0.25) is 4.99 Å². The lowest BCUT2D eigenvalue weighted by Crippen LogP contribution is -2.48. The molecule has 5 nitrogen and oxygen atoms in total. The average molecular weight is 403 g/mol. The highest BCUT2D eigenvalue weighted by atomic mass is 32.2. The van der Waals surface area contributed by atoms with Gasteiger partial charge in [0, 0.05) is 55.2 Å². The molecule has 0 aliphatic carbocycles. The fourth-order valence-corrected chi connectivity index (χ4v) is 5.22. The SMILES string of the molecule is CCSC1(CNC(=NC)NCCc2c[nH]c3c(CC)cccc23)CCOCC1. The summed E-state index contributed by atoms with van der Waals surface area (Å²) in [4.78, 5) is 7.88. The van der Waals surface area contributed by atoms with Crippen LogP contribution in [0.15, 0.2) is 29.4 Å². The van der Waals surface area contributed by atoms with Crippen molar-refractivity contribution in [1.82, 2.24) is 15.6 Å². The second-order valence-corrected chi connectivity index (χ2v) is 9.07. The molecular weight excluding hydrogens is 368 g/mol. The molecule has 0 amide bonds. The van der Waals surface area contributed by atoms with Crippen molar-refractivity contribution < 1.29 is 4.74 Å². The van der Waals surface area contributed by atoms with Gasteiger partial charge in [0.1, 0.15) is 0 Å². The summed E-state index contributed by atoms with van der Waals surface area (Å²) >= 11 is 2.05. The van der Waals surface area contributed by atoms with Crippen LogP contribution < -0.4 is 10.6 Å². The molecule has 3 N–H and O–H groups in total. The first-order valence-electron chi connectivity index (χ1n) is 10.5. The second-order valence-electron chi connectivity index (χ2n) is 7.34. The van der Waals surface area contributed by atoms with Crippen LogP contribution in [-0.2, 0) is 17.6 Å². The van der Waals surface area contributed by atoms with E-state index < -0.39 is 0 Å². The van der Waals surface area contributed by atoms with Crippen molar-refractivity contribution in [3.05, 3.63) is 35.5 Å². The zero-order valence-corrected chi connectivity index (χ0v) is 18.3. The number of guanidine groups is 1. The van der Waals surface area contributed by atoms with Crippen molar-refractivity contribution in [2.45, 2.75) is 44.3 Å². The van der Waals surface area contributed by atoms with Crippen LogP contribution in [0.4, 0.5) is 0 Å². The first-order chi connectivity index (χ1) is 13.7. The maximum absolute atomic E-state index is 5.57. The van der Waals surface area contributed by atoms with Crippen LogP contribution in [0.1, 0.15) is 37.8 Å². The van der Waals surface area contributed by atoms with Crippen molar-refractivity contribution in [2.24, 2.45) is 4.99 Å².